The third kappa shape index (κ3) is 1.69. The van der Waals surface area contributed by atoms with Crippen molar-refractivity contribution >= 4 is 6.09 Å². The van der Waals surface area contributed by atoms with Gasteiger partial charge in [-0.25, -0.2) is 4.79 Å². The van der Waals surface area contributed by atoms with Gasteiger partial charge in [-0.15, -0.1) is 0 Å². The molecule has 0 aliphatic carbocycles. The molecule has 0 aromatic rings. The van der Waals surface area contributed by atoms with Crippen molar-refractivity contribution in [2.24, 2.45) is 0 Å². The van der Waals surface area contributed by atoms with Crippen LogP contribution >= 0.6 is 0 Å². The van der Waals surface area contributed by atoms with Gasteiger partial charge in [0.1, 0.15) is 0 Å². The molecule has 1 N–H and O–H groups in total. The summed E-state index contributed by atoms with van der Waals surface area (Å²) in [5, 5.41) is 9.01. The lowest BCUT2D eigenvalue weighted by molar-refractivity contribution is 0.00952. The van der Waals surface area contributed by atoms with Crippen molar-refractivity contribution in [2.45, 2.75) is 25.8 Å². The monoisotopic (exact) mass is 173 g/mol. The van der Waals surface area contributed by atoms with E-state index in [0.29, 0.717) is 13.2 Å². The summed E-state index contributed by atoms with van der Waals surface area (Å²) in [5.41, 5.74) is -0.502. The van der Waals surface area contributed by atoms with Crippen molar-refractivity contribution < 1.29 is 14.6 Å². The molecule has 0 spiro atoms. The number of amides is 1. The van der Waals surface area contributed by atoms with Crippen LogP contribution in [0.25, 0.3) is 0 Å². The normalized spacial score (nSPS) is 19.2. The molecule has 1 rings (SSSR count). The van der Waals surface area contributed by atoms with Gasteiger partial charge in [-0.05, 0) is 20.3 Å². The zero-order valence-electron chi connectivity index (χ0n) is 7.54. The summed E-state index contributed by atoms with van der Waals surface area (Å²) in [5.74, 6) is 0. The van der Waals surface area contributed by atoms with Crippen molar-refractivity contribution in [3.05, 3.63) is 0 Å². The molecule has 0 saturated carbocycles. The van der Waals surface area contributed by atoms with E-state index in [2.05, 4.69) is 0 Å². The van der Waals surface area contributed by atoms with Crippen LogP contribution in [0.1, 0.15) is 20.3 Å². The fourth-order valence-corrected chi connectivity index (χ4v) is 1.19. The number of hydrogen-bond donors (Lipinski definition) is 1. The summed E-state index contributed by atoms with van der Waals surface area (Å²) < 4.78 is 4.85. The van der Waals surface area contributed by atoms with Crippen molar-refractivity contribution in [3.63, 3.8) is 0 Å². The molecular weight excluding hydrogens is 158 g/mol. The molecule has 1 heterocycles. The van der Waals surface area contributed by atoms with E-state index in [0.717, 1.165) is 6.42 Å². The van der Waals surface area contributed by atoms with Crippen LogP contribution in [-0.4, -0.2) is 41.4 Å². The molecule has 1 aliphatic heterocycles. The average Bonchev–Trinajstić information content (AvgIpc) is 2.05. The molecule has 1 aliphatic rings. The molecule has 0 aromatic heterocycles. The van der Waals surface area contributed by atoms with E-state index in [1.54, 1.807) is 4.90 Å². The number of hydrogen-bond acceptors (Lipinski definition) is 3. The topological polar surface area (TPSA) is 49.8 Å². The minimum Gasteiger partial charge on any atom is -0.449 e. The number of carbonyl (C=O) groups is 1. The first-order valence-corrected chi connectivity index (χ1v) is 4.13. The number of aliphatic hydroxyl groups is 1. The Morgan fingerprint density at radius 2 is 2.33 bits per heavy atom. The summed E-state index contributed by atoms with van der Waals surface area (Å²) in [6, 6.07) is 0. The van der Waals surface area contributed by atoms with Crippen LogP contribution in [0.5, 0.6) is 0 Å². The predicted octanol–water partition coefficient (Wildman–Crippen LogP) is 0.600. The summed E-state index contributed by atoms with van der Waals surface area (Å²) in [6.07, 6.45) is 0.523. The van der Waals surface area contributed by atoms with E-state index in [4.69, 9.17) is 9.84 Å². The molecule has 12 heavy (non-hydrogen) atoms. The Hall–Kier alpha value is -0.770. The number of nitrogens with zero attached hydrogens (tertiary/aromatic N) is 1. The number of rotatable bonds is 2. The Morgan fingerprint density at radius 1 is 1.67 bits per heavy atom. The highest BCUT2D eigenvalue weighted by molar-refractivity contribution is 5.69. The third-order valence-electron chi connectivity index (χ3n) is 2.09. The van der Waals surface area contributed by atoms with Crippen LogP contribution in [-0.2, 0) is 4.74 Å². The van der Waals surface area contributed by atoms with Crippen molar-refractivity contribution in [1.29, 1.82) is 0 Å². The predicted molar refractivity (Wildman–Crippen MR) is 43.8 cm³/mol. The Morgan fingerprint density at radius 3 is 2.83 bits per heavy atom. The molecule has 0 atom stereocenters. The van der Waals surface area contributed by atoms with Crippen LogP contribution in [0.4, 0.5) is 4.79 Å². The molecule has 1 amide bonds. The van der Waals surface area contributed by atoms with Gasteiger partial charge in [0, 0.05) is 6.54 Å². The Bertz CT molecular complexity index is 179. The second kappa shape index (κ2) is 3.31. The van der Waals surface area contributed by atoms with Crippen molar-refractivity contribution in [3.8, 4) is 0 Å². The first-order valence-electron chi connectivity index (χ1n) is 4.13. The van der Waals surface area contributed by atoms with E-state index in [-0.39, 0.29) is 12.7 Å². The SMILES string of the molecule is CC(C)(CO)N1CCCOC1=O. The lowest BCUT2D eigenvalue weighted by Crippen LogP contribution is -2.53. The van der Waals surface area contributed by atoms with Crippen LogP contribution < -0.4 is 0 Å². The van der Waals surface area contributed by atoms with Crippen molar-refractivity contribution in [2.75, 3.05) is 19.8 Å². The van der Waals surface area contributed by atoms with Gasteiger partial charge in [0.2, 0.25) is 0 Å². The number of cyclic esters (lactones) is 1. The first-order chi connectivity index (χ1) is 5.58. The average molecular weight is 173 g/mol. The standard InChI is InChI=1S/C8H15NO3/c1-8(2,6-10)9-4-3-5-12-7(9)11/h10H,3-6H2,1-2H3. The van der Waals surface area contributed by atoms with E-state index >= 15 is 0 Å². The molecule has 0 bridgehead atoms. The molecule has 1 saturated heterocycles. The van der Waals surface area contributed by atoms with Gasteiger partial charge in [-0.2, -0.15) is 0 Å². The fraction of sp³-hybridized carbons (Fsp3) is 0.875. The molecule has 4 heteroatoms. The Kier molecular flexibility index (Phi) is 2.57. The zero-order chi connectivity index (χ0) is 9.19. The van der Waals surface area contributed by atoms with Gasteiger partial charge in [-0.3, -0.25) is 0 Å². The summed E-state index contributed by atoms with van der Waals surface area (Å²) >= 11 is 0. The highest BCUT2D eigenvalue weighted by Crippen LogP contribution is 2.18. The smallest absolute Gasteiger partial charge is 0.410 e. The van der Waals surface area contributed by atoms with Crippen molar-refractivity contribution in [1.82, 2.24) is 4.90 Å². The quantitative estimate of drug-likeness (QED) is 0.665. The van der Waals surface area contributed by atoms with Gasteiger partial charge in [0.05, 0.1) is 18.8 Å². The third-order valence-corrected chi connectivity index (χ3v) is 2.09. The Balaban J connectivity index is 2.65. The molecule has 0 aromatic carbocycles. The maximum absolute atomic E-state index is 11.2. The molecular formula is C8H15NO3. The van der Waals surface area contributed by atoms with E-state index in [1.807, 2.05) is 13.8 Å². The zero-order valence-corrected chi connectivity index (χ0v) is 7.54. The minimum atomic E-state index is -0.502. The molecule has 0 unspecified atom stereocenters. The van der Waals surface area contributed by atoms with E-state index in [9.17, 15) is 4.79 Å². The van der Waals surface area contributed by atoms with Gasteiger partial charge in [0.15, 0.2) is 0 Å². The van der Waals surface area contributed by atoms with Crippen LogP contribution in [0.15, 0.2) is 0 Å². The van der Waals surface area contributed by atoms with Gasteiger partial charge >= 0.3 is 6.09 Å². The second-order valence-electron chi connectivity index (χ2n) is 3.59. The molecule has 70 valence electrons. The summed E-state index contributed by atoms with van der Waals surface area (Å²) in [4.78, 5) is 12.8. The highest BCUT2D eigenvalue weighted by Gasteiger charge is 2.33. The van der Waals surface area contributed by atoms with Gasteiger partial charge in [-0.1, -0.05) is 0 Å². The lowest BCUT2D eigenvalue weighted by Gasteiger charge is -2.38. The lowest BCUT2D eigenvalue weighted by atomic mass is 10.0. The second-order valence-corrected chi connectivity index (χ2v) is 3.59. The number of ether oxygens (including phenoxy) is 1. The number of aliphatic hydroxyl groups excluding tert-OH is 1. The maximum atomic E-state index is 11.2. The summed E-state index contributed by atoms with van der Waals surface area (Å²) in [7, 11) is 0. The minimum absolute atomic E-state index is 0.0396. The molecule has 4 nitrogen and oxygen atoms in total. The summed E-state index contributed by atoms with van der Waals surface area (Å²) in [6.45, 7) is 4.77. The highest BCUT2D eigenvalue weighted by atomic mass is 16.6. The molecule has 1 fully saturated rings. The maximum Gasteiger partial charge on any atom is 0.410 e. The van der Waals surface area contributed by atoms with E-state index < -0.39 is 5.54 Å². The van der Waals surface area contributed by atoms with E-state index in [1.165, 1.54) is 0 Å². The van der Waals surface area contributed by atoms with Crippen LogP contribution in [0, 0.1) is 0 Å². The number of carbonyl (C=O) groups excluding carboxylic acids is 1. The molecule has 0 radical (unpaired) electrons. The Labute approximate surface area is 72.1 Å². The largest absolute Gasteiger partial charge is 0.449 e. The van der Waals surface area contributed by atoms with Gasteiger partial charge in [0.25, 0.3) is 0 Å². The van der Waals surface area contributed by atoms with Gasteiger partial charge < -0.3 is 14.7 Å². The first kappa shape index (κ1) is 9.32. The van der Waals surface area contributed by atoms with Crippen LogP contribution in [0.2, 0.25) is 0 Å². The van der Waals surface area contributed by atoms with Crippen LogP contribution in [0.3, 0.4) is 0 Å². The fourth-order valence-electron chi connectivity index (χ4n) is 1.19.